The Hall–Kier alpha value is -2.77. The van der Waals surface area contributed by atoms with Crippen LogP contribution >= 0.6 is 11.6 Å². The SMILES string of the molecule is COc1ccc2c(=O)n(CCCl)c(C#N)c(-c3ccccc3)c2c1. The van der Waals surface area contributed by atoms with Gasteiger partial charge in [0.05, 0.1) is 7.11 Å². The maximum atomic E-state index is 12.8. The highest BCUT2D eigenvalue weighted by atomic mass is 35.5. The Labute approximate surface area is 144 Å². The Morgan fingerprint density at radius 1 is 1.17 bits per heavy atom. The van der Waals surface area contributed by atoms with Crippen LogP contribution in [0.2, 0.25) is 0 Å². The number of alkyl halides is 1. The van der Waals surface area contributed by atoms with Crippen LogP contribution in [0.3, 0.4) is 0 Å². The van der Waals surface area contributed by atoms with Crippen molar-refractivity contribution in [3.63, 3.8) is 0 Å². The van der Waals surface area contributed by atoms with Gasteiger partial charge in [0.15, 0.2) is 0 Å². The molecule has 0 aliphatic heterocycles. The molecule has 4 nitrogen and oxygen atoms in total. The molecule has 3 rings (SSSR count). The van der Waals surface area contributed by atoms with Gasteiger partial charge < -0.3 is 4.74 Å². The Morgan fingerprint density at radius 3 is 2.54 bits per heavy atom. The summed E-state index contributed by atoms with van der Waals surface area (Å²) in [5, 5.41) is 11.0. The van der Waals surface area contributed by atoms with Crippen molar-refractivity contribution in [3.05, 3.63) is 64.6 Å². The summed E-state index contributed by atoms with van der Waals surface area (Å²) in [6.45, 7) is 0.283. The Bertz CT molecular complexity index is 988. The van der Waals surface area contributed by atoms with Crippen LogP contribution in [0.25, 0.3) is 21.9 Å². The first-order valence-electron chi connectivity index (χ1n) is 7.47. The van der Waals surface area contributed by atoms with Crippen LogP contribution in [0.15, 0.2) is 53.3 Å². The number of hydrogen-bond acceptors (Lipinski definition) is 3. The summed E-state index contributed by atoms with van der Waals surface area (Å²) in [5.74, 6) is 0.892. The van der Waals surface area contributed by atoms with Gasteiger partial charge in [0.25, 0.3) is 5.56 Å². The first kappa shape index (κ1) is 16.1. The van der Waals surface area contributed by atoms with Gasteiger partial charge in [-0.2, -0.15) is 5.26 Å². The maximum Gasteiger partial charge on any atom is 0.259 e. The molecule has 24 heavy (non-hydrogen) atoms. The number of nitriles is 1. The molecule has 0 atom stereocenters. The van der Waals surface area contributed by atoms with Crippen LogP contribution in [0.1, 0.15) is 5.69 Å². The van der Waals surface area contributed by atoms with Crippen LogP contribution < -0.4 is 10.3 Å². The predicted octanol–water partition coefficient (Wildman–Crippen LogP) is 3.79. The Balaban J connectivity index is 2.52. The minimum absolute atomic E-state index is 0.218. The summed E-state index contributed by atoms with van der Waals surface area (Å²) < 4.78 is 6.74. The number of halogens is 1. The first-order valence-corrected chi connectivity index (χ1v) is 8.00. The molecule has 3 aromatic rings. The molecular formula is C19H15ClN2O2. The van der Waals surface area contributed by atoms with E-state index in [1.807, 2.05) is 30.3 Å². The minimum Gasteiger partial charge on any atom is -0.497 e. The molecule has 0 radical (unpaired) electrons. The number of benzene rings is 2. The molecule has 120 valence electrons. The molecule has 1 heterocycles. The quantitative estimate of drug-likeness (QED) is 0.680. The number of fused-ring (bicyclic) bond motifs is 1. The van der Waals surface area contributed by atoms with Gasteiger partial charge in [-0.25, -0.2) is 0 Å². The van der Waals surface area contributed by atoms with Gasteiger partial charge in [0.2, 0.25) is 0 Å². The fourth-order valence-corrected chi connectivity index (χ4v) is 3.03. The van der Waals surface area contributed by atoms with E-state index in [4.69, 9.17) is 16.3 Å². The van der Waals surface area contributed by atoms with Crippen molar-refractivity contribution in [1.82, 2.24) is 4.57 Å². The number of aromatic nitrogens is 1. The number of pyridine rings is 1. The molecule has 2 aromatic carbocycles. The third-order valence-corrected chi connectivity index (χ3v) is 4.12. The van der Waals surface area contributed by atoms with Gasteiger partial charge >= 0.3 is 0 Å². The lowest BCUT2D eigenvalue weighted by Gasteiger charge is -2.15. The van der Waals surface area contributed by atoms with Crippen LogP contribution in [0.4, 0.5) is 0 Å². The molecule has 0 saturated heterocycles. The lowest BCUT2D eigenvalue weighted by Crippen LogP contribution is -2.24. The average molecular weight is 339 g/mol. The second kappa shape index (κ2) is 6.77. The molecule has 0 unspecified atom stereocenters. The standard InChI is InChI=1S/C19H15ClN2O2/c1-24-14-7-8-15-16(11-14)18(13-5-3-2-4-6-13)17(12-21)22(10-9-20)19(15)23/h2-8,11H,9-10H2,1H3. The number of methoxy groups -OCH3 is 1. The summed E-state index contributed by atoms with van der Waals surface area (Å²) >= 11 is 5.85. The van der Waals surface area contributed by atoms with Gasteiger partial charge in [0, 0.05) is 28.8 Å². The highest BCUT2D eigenvalue weighted by molar-refractivity contribution is 6.17. The molecule has 5 heteroatoms. The van der Waals surface area contributed by atoms with E-state index >= 15 is 0 Å². The Morgan fingerprint density at radius 2 is 1.92 bits per heavy atom. The smallest absolute Gasteiger partial charge is 0.259 e. The zero-order valence-corrected chi connectivity index (χ0v) is 13.9. The second-order valence-electron chi connectivity index (χ2n) is 5.26. The van der Waals surface area contributed by atoms with Crippen LogP contribution in [0, 0.1) is 11.3 Å². The van der Waals surface area contributed by atoms with E-state index in [1.54, 1.807) is 25.3 Å². The zero-order valence-electron chi connectivity index (χ0n) is 13.1. The van der Waals surface area contributed by atoms with E-state index in [1.165, 1.54) is 4.57 Å². The molecular weight excluding hydrogens is 324 g/mol. The van der Waals surface area contributed by atoms with Crippen molar-refractivity contribution >= 4 is 22.4 Å². The fourth-order valence-electron chi connectivity index (χ4n) is 2.86. The van der Waals surface area contributed by atoms with E-state index in [0.29, 0.717) is 22.2 Å². The second-order valence-corrected chi connectivity index (χ2v) is 5.64. The molecule has 0 spiro atoms. The van der Waals surface area contributed by atoms with Crippen molar-refractivity contribution in [2.24, 2.45) is 0 Å². The van der Waals surface area contributed by atoms with Crippen molar-refractivity contribution in [2.75, 3.05) is 13.0 Å². The maximum absolute atomic E-state index is 12.8. The van der Waals surface area contributed by atoms with E-state index < -0.39 is 0 Å². The molecule has 0 N–H and O–H groups in total. The number of nitrogens with zero attached hydrogens (tertiary/aromatic N) is 2. The highest BCUT2D eigenvalue weighted by Gasteiger charge is 2.18. The monoisotopic (exact) mass is 338 g/mol. The predicted molar refractivity (Wildman–Crippen MR) is 95.6 cm³/mol. The molecule has 0 bridgehead atoms. The van der Waals surface area contributed by atoms with Gasteiger partial charge in [-0.1, -0.05) is 30.3 Å². The number of ether oxygens (including phenoxy) is 1. The first-order chi connectivity index (χ1) is 11.7. The van der Waals surface area contributed by atoms with E-state index in [-0.39, 0.29) is 18.0 Å². The summed E-state index contributed by atoms with van der Waals surface area (Å²) in [5.41, 5.74) is 1.68. The van der Waals surface area contributed by atoms with Gasteiger partial charge in [-0.05, 0) is 23.8 Å². The molecule has 0 fully saturated rings. The lowest BCUT2D eigenvalue weighted by molar-refractivity contribution is 0.415. The summed E-state index contributed by atoms with van der Waals surface area (Å²) in [7, 11) is 1.57. The zero-order chi connectivity index (χ0) is 17.1. The summed E-state index contributed by atoms with van der Waals surface area (Å²) in [6.07, 6.45) is 0. The van der Waals surface area contributed by atoms with Crippen LogP contribution in [-0.2, 0) is 6.54 Å². The van der Waals surface area contributed by atoms with Crippen LogP contribution in [0.5, 0.6) is 5.75 Å². The van der Waals surface area contributed by atoms with Gasteiger partial charge in [0.1, 0.15) is 17.5 Å². The van der Waals surface area contributed by atoms with Gasteiger partial charge in [-0.15, -0.1) is 11.6 Å². The third-order valence-electron chi connectivity index (χ3n) is 3.95. The largest absolute Gasteiger partial charge is 0.497 e. The van der Waals surface area contributed by atoms with E-state index in [9.17, 15) is 10.1 Å². The van der Waals surface area contributed by atoms with Crippen molar-refractivity contribution in [2.45, 2.75) is 6.54 Å². The molecule has 1 aromatic heterocycles. The topological polar surface area (TPSA) is 55.0 Å². The molecule has 0 aliphatic carbocycles. The summed E-state index contributed by atoms with van der Waals surface area (Å²) in [4.78, 5) is 12.8. The fraction of sp³-hybridized carbons (Fsp3) is 0.158. The number of hydrogen-bond donors (Lipinski definition) is 0. The van der Waals surface area contributed by atoms with Crippen molar-refractivity contribution in [3.8, 4) is 22.9 Å². The third kappa shape index (κ3) is 2.64. The van der Waals surface area contributed by atoms with Crippen molar-refractivity contribution < 1.29 is 4.74 Å². The Kier molecular flexibility index (Phi) is 4.54. The average Bonchev–Trinajstić information content (AvgIpc) is 2.64. The minimum atomic E-state index is -0.218. The van der Waals surface area contributed by atoms with E-state index in [2.05, 4.69) is 6.07 Å². The van der Waals surface area contributed by atoms with Crippen LogP contribution in [-0.4, -0.2) is 17.6 Å². The summed E-state index contributed by atoms with van der Waals surface area (Å²) in [6, 6.07) is 17.0. The highest BCUT2D eigenvalue weighted by Crippen LogP contribution is 2.32. The molecule has 0 amide bonds. The van der Waals surface area contributed by atoms with Crippen molar-refractivity contribution in [1.29, 1.82) is 5.26 Å². The van der Waals surface area contributed by atoms with E-state index in [0.717, 1.165) is 11.1 Å². The molecule has 0 saturated carbocycles. The normalized spacial score (nSPS) is 10.5. The van der Waals surface area contributed by atoms with Gasteiger partial charge in [-0.3, -0.25) is 9.36 Å². The number of rotatable bonds is 4. The lowest BCUT2D eigenvalue weighted by atomic mass is 9.97. The molecule has 0 aliphatic rings.